The molecule has 0 bridgehead atoms. The van der Waals surface area contributed by atoms with Crippen LogP contribution < -0.4 is 10.6 Å². The smallest absolute Gasteiger partial charge is 0.221 e. The van der Waals surface area contributed by atoms with Gasteiger partial charge in [0.25, 0.3) is 0 Å². The summed E-state index contributed by atoms with van der Waals surface area (Å²) in [5.74, 6) is 0.572. The predicted molar refractivity (Wildman–Crippen MR) is 70.9 cm³/mol. The van der Waals surface area contributed by atoms with E-state index in [9.17, 15) is 4.79 Å². The van der Waals surface area contributed by atoms with Crippen molar-refractivity contribution in [3.8, 4) is 0 Å². The second-order valence-electron chi connectivity index (χ2n) is 4.75. The van der Waals surface area contributed by atoms with Gasteiger partial charge in [-0.25, -0.2) is 0 Å². The number of carbonyl (C=O) groups is 1. The fourth-order valence-corrected chi connectivity index (χ4v) is 1.45. The van der Waals surface area contributed by atoms with E-state index in [1.807, 2.05) is 6.92 Å². The number of nitrogens with zero attached hydrogens (tertiary/aromatic N) is 2. The van der Waals surface area contributed by atoms with Gasteiger partial charge >= 0.3 is 0 Å². The third-order valence-electron chi connectivity index (χ3n) is 2.54. The minimum Gasteiger partial charge on any atom is -0.356 e. The maximum absolute atomic E-state index is 11.5. The molecule has 0 aliphatic carbocycles. The van der Waals surface area contributed by atoms with E-state index in [4.69, 9.17) is 0 Å². The molecule has 0 saturated carbocycles. The topological polar surface area (TPSA) is 66.9 Å². The second kappa shape index (κ2) is 7.76. The first-order chi connectivity index (χ1) is 8.59. The average Bonchev–Trinajstić information content (AvgIpc) is 2.37. The Hall–Kier alpha value is -1.49. The van der Waals surface area contributed by atoms with Crippen LogP contribution in [-0.2, 0) is 4.79 Å². The second-order valence-corrected chi connectivity index (χ2v) is 4.75. The molecule has 0 radical (unpaired) electrons. The molecule has 1 amide bonds. The zero-order valence-electron chi connectivity index (χ0n) is 11.3. The van der Waals surface area contributed by atoms with Gasteiger partial charge in [-0.15, -0.1) is 0 Å². The quantitative estimate of drug-likeness (QED) is 0.765. The van der Waals surface area contributed by atoms with Crippen molar-refractivity contribution >= 4 is 5.91 Å². The Morgan fingerprint density at radius 2 is 2.11 bits per heavy atom. The first-order valence-electron chi connectivity index (χ1n) is 6.35. The molecule has 0 aliphatic heterocycles. The number of amides is 1. The molecule has 1 aromatic heterocycles. The van der Waals surface area contributed by atoms with Crippen molar-refractivity contribution < 1.29 is 4.79 Å². The van der Waals surface area contributed by atoms with Gasteiger partial charge in [0.2, 0.25) is 5.91 Å². The zero-order valence-corrected chi connectivity index (χ0v) is 11.3. The lowest BCUT2D eigenvalue weighted by Crippen LogP contribution is -2.31. The first kappa shape index (κ1) is 14.6. The van der Waals surface area contributed by atoms with Gasteiger partial charge in [-0.3, -0.25) is 14.8 Å². The van der Waals surface area contributed by atoms with Crippen LogP contribution in [0.3, 0.4) is 0 Å². The fraction of sp³-hybridized carbons (Fsp3) is 0.615. The third kappa shape index (κ3) is 5.72. The van der Waals surface area contributed by atoms with Crippen LogP contribution in [0.5, 0.6) is 0 Å². The van der Waals surface area contributed by atoms with Crippen LogP contribution in [0.25, 0.3) is 0 Å². The summed E-state index contributed by atoms with van der Waals surface area (Å²) in [6, 6.07) is 0.108. The number of aromatic nitrogens is 2. The fourth-order valence-electron chi connectivity index (χ4n) is 1.45. The molecule has 0 spiro atoms. The van der Waals surface area contributed by atoms with Gasteiger partial charge in [-0.05, 0) is 12.8 Å². The number of carbonyl (C=O) groups excluding carboxylic acids is 1. The highest BCUT2D eigenvalue weighted by Crippen LogP contribution is 2.05. The molecule has 1 heterocycles. The van der Waals surface area contributed by atoms with Crippen molar-refractivity contribution in [2.45, 2.75) is 33.2 Å². The van der Waals surface area contributed by atoms with Crippen LogP contribution in [0.1, 0.15) is 38.9 Å². The highest BCUT2D eigenvalue weighted by Gasteiger charge is 2.07. The lowest BCUT2D eigenvalue weighted by atomic mass is 10.2. The Bertz CT molecular complexity index is 353. The molecule has 5 nitrogen and oxygen atoms in total. The SMILES string of the molecule is CC(C)CNC(=O)CCNC(C)c1cnccn1. The summed E-state index contributed by atoms with van der Waals surface area (Å²) in [6.45, 7) is 7.54. The van der Waals surface area contributed by atoms with Crippen LogP contribution in [0.15, 0.2) is 18.6 Å². The van der Waals surface area contributed by atoms with Gasteiger partial charge in [-0.1, -0.05) is 13.8 Å². The molecule has 18 heavy (non-hydrogen) atoms. The van der Waals surface area contributed by atoms with Crippen molar-refractivity contribution in [1.82, 2.24) is 20.6 Å². The van der Waals surface area contributed by atoms with Gasteiger partial charge in [0, 0.05) is 44.1 Å². The van der Waals surface area contributed by atoms with Crippen LogP contribution in [-0.4, -0.2) is 29.0 Å². The van der Waals surface area contributed by atoms with Gasteiger partial charge < -0.3 is 10.6 Å². The molecule has 5 heteroatoms. The van der Waals surface area contributed by atoms with E-state index >= 15 is 0 Å². The lowest BCUT2D eigenvalue weighted by Gasteiger charge is -2.13. The van der Waals surface area contributed by atoms with Crippen molar-refractivity contribution in [2.75, 3.05) is 13.1 Å². The largest absolute Gasteiger partial charge is 0.356 e. The van der Waals surface area contributed by atoms with E-state index in [-0.39, 0.29) is 11.9 Å². The van der Waals surface area contributed by atoms with Crippen LogP contribution in [0, 0.1) is 5.92 Å². The standard InChI is InChI=1S/C13H22N4O/c1-10(2)8-17-13(18)4-5-15-11(3)12-9-14-6-7-16-12/h6-7,9-11,15H,4-5,8H2,1-3H3,(H,17,18). The molecule has 0 fully saturated rings. The van der Waals surface area contributed by atoms with Crippen LogP contribution in [0.4, 0.5) is 0 Å². The summed E-state index contributed by atoms with van der Waals surface area (Å²) in [5.41, 5.74) is 0.889. The molecular formula is C13H22N4O. The summed E-state index contributed by atoms with van der Waals surface area (Å²) in [7, 11) is 0. The van der Waals surface area contributed by atoms with Gasteiger partial charge in [0.05, 0.1) is 5.69 Å². The van der Waals surface area contributed by atoms with E-state index in [0.717, 1.165) is 12.2 Å². The normalized spacial score (nSPS) is 12.4. The summed E-state index contributed by atoms with van der Waals surface area (Å²) < 4.78 is 0. The molecule has 1 unspecified atom stereocenters. The molecule has 1 aromatic rings. The highest BCUT2D eigenvalue weighted by atomic mass is 16.1. The minimum atomic E-state index is 0.0857. The van der Waals surface area contributed by atoms with E-state index in [2.05, 4.69) is 34.4 Å². The summed E-state index contributed by atoms with van der Waals surface area (Å²) in [4.78, 5) is 19.7. The Kier molecular flexibility index (Phi) is 6.28. The summed E-state index contributed by atoms with van der Waals surface area (Å²) in [5, 5.41) is 6.14. The van der Waals surface area contributed by atoms with E-state index in [1.54, 1.807) is 18.6 Å². The summed E-state index contributed by atoms with van der Waals surface area (Å²) in [6.07, 6.45) is 5.53. The molecular weight excluding hydrogens is 228 g/mol. The van der Waals surface area contributed by atoms with Gasteiger partial charge in [0.15, 0.2) is 0 Å². The van der Waals surface area contributed by atoms with Gasteiger partial charge in [0.1, 0.15) is 0 Å². The van der Waals surface area contributed by atoms with Crippen molar-refractivity contribution in [3.63, 3.8) is 0 Å². The molecule has 100 valence electrons. The third-order valence-corrected chi connectivity index (χ3v) is 2.54. The Labute approximate surface area is 108 Å². The van der Waals surface area contributed by atoms with Crippen molar-refractivity contribution in [3.05, 3.63) is 24.3 Å². The Balaban J connectivity index is 2.19. The van der Waals surface area contributed by atoms with E-state index in [1.165, 1.54) is 0 Å². The summed E-state index contributed by atoms with van der Waals surface area (Å²) >= 11 is 0. The maximum Gasteiger partial charge on any atom is 0.221 e. The van der Waals surface area contributed by atoms with Gasteiger partial charge in [-0.2, -0.15) is 0 Å². The molecule has 2 N–H and O–H groups in total. The number of rotatable bonds is 7. The van der Waals surface area contributed by atoms with Crippen LogP contribution in [0.2, 0.25) is 0 Å². The maximum atomic E-state index is 11.5. The highest BCUT2D eigenvalue weighted by molar-refractivity contribution is 5.76. The van der Waals surface area contributed by atoms with Crippen molar-refractivity contribution in [2.24, 2.45) is 5.92 Å². The van der Waals surface area contributed by atoms with Crippen molar-refractivity contribution in [1.29, 1.82) is 0 Å². The zero-order chi connectivity index (χ0) is 13.4. The van der Waals surface area contributed by atoms with E-state index < -0.39 is 0 Å². The predicted octanol–water partition coefficient (Wildman–Crippen LogP) is 1.29. The monoisotopic (exact) mass is 250 g/mol. The lowest BCUT2D eigenvalue weighted by molar-refractivity contribution is -0.121. The Morgan fingerprint density at radius 3 is 2.72 bits per heavy atom. The minimum absolute atomic E-state index is 0.0857. The number of nitrogens with one attached hydrogen (secondary N) is 2. The van der Waals surface area contributed by atoms with E-state index in [0.29, 0.717) is 18.9 Å². The average molecular weight is 250 g/mol. The molecule has 1 rings (SSSR count). The first-order valence-corrected chi connectivity index (χ1v) is 6.35. The molecule has 0 aromatic carbocycles. The Morgan fingerprint density at radius 1 is 1.33 bits per heavy atom. The molecule has 0 saturated heterocycles. The molecule has 0 aliphatic rings. The van der Waals surface area contributed by atoms with Crippen LogP contribution >= 0.6 is 0 Å². The number of hydrogen-bond donors (Lipinski definition) is 2. The number of hydrogen-bond acceptors (Lipinski definition) is 4. The molecule has 1 atom stereocenters.